The highest BCUT2D eigenvalue weighted by Gasteiger charge is 2.11. The fourth-order valence-corrected chi connectivity index (χ4v) is 2.20. The SMILES string of the molecule is Cc1c(NCc2cccc(O)c2)cccc1C(=O)NCCO. The first kappa shape index (κ1) is 15.9. The molecule has 0 unspecified atom stereocenters. The maximum Gasteiger partial charge on any atom is 0.251 e. The van der Waals surface area contributed by atoms with Crippen molar-refractivity contribution in [1.82, 2.24) is 5.32 Å². The van der Waals surface area contributed by atoms with E-state index in [1.165, 1.54) is 0 Å². The zero-order valence-electron chi connectivity index (χ0n) is 12.5. The average molecular weight is 300 g/mol. The fraction of sp³-hybridized carbons (Fsp3) is 0.235. The van der Waals surface area contributed by atoms with E-state index in [1.54, 1.807) is 24.3 Å². The first-order valence-corrected chi connectivity index (χ1v) is 7.12. The number of rotatable bonds is 6. The molecule has 4 N–H and O–H groups in total. The minimum atomic E-state index is -0.201. The number of aliphatic hydroxyl groups excluding tert-OH is 1. The van der Waals surface area contributed by atoms with E-state index in [0.29, 0.717) is 12.1 Å². The molecule has 5 nitrogen and oxygen atoms in total. The van der Waals surface area contributed by atoms with Crippen molar-refractivity contribution in [2.45, 2.75) is 13.5 Å². The molecule has 0 aliphatic carbocycles. The molecule has 22 heavy (non-hydrogen) atoms. The van der Waals surface area contributed by atoms with E-state index in [2.05, 4.69) is 10.6 Å². The second kappa shape index (κ2) is 7.47. The Kier molecular flexibility index (Phi) is 5.38. The summed E-state index contributed by atoms with van der Waals surface area (Å²) in [7, 11) is 0. The molecule has 0 spiro atoms. The molecule has 2 aromatic carbocycles. The van der Waals surface area contributed by atoms with Gasteiger partial charge in [0.15, 0.2) is 0 Å². The van der Waals surface area contributed by atoms with Crippen molar-refractivity contribution in [2.75, 3.05) is 18.5 Å². The van der Waals surface area contributed by atoms with Crippen LogP contribution in [0, 0.1) is 6.92 Å². The van der Waals surface area contributed by atoms with Gasteiger partial charge in [0, 0.05) is 24.3 Å². The Bertz CT molecular complexity index is 656. The first-order valence-electron chi connectivity index (χ1n) is 7.12. The zero-order valence-corrected chi connectivity index (χ0v) is 12.5. The number of nitrogens with one attached hydrogen (secondary N) is 2. The molecule has 0 aliphatic heterocycles. The summed E-state index contributed by atoms with van der Waals surface area (Å²) in [6.07, 6.45) is 0. The third-order valence-corrected chi connectivity index (χ3v) is 3.37. The summed E-state index contributed by atoms with van der Waals surface area (Å²) in [6.45, 7) is 2.58. The highest BCUT2D eigenvalue weighted by molar-refractivity contribution is 5.97. The number of phenols is 1. The minimum absolute atomic E-state index is 0.0831. The van der Waals surface area contributed by atoms with Crippen LogP contribution in [0.4, 0.5) is 5.69 Å². The molecule has 0 aliphatic rings. The van der Waals surface area contributed by atoms with Gasteiger partial charge < -0.3 is 20.8 Å². The number of hydrogen-bond acceptors (Lipinski definition) is 4. The van der Waals surface area contributed by atoms with E-state index >= 15 is 0 Å². The standard InChI is InChI=1S/C17H20N2O3/c1-12-15(17(22)18-8-9-20)6-3-7-16(12)19-11-13-4-2-5-14(21)10-13/h2-7,10,19-21H,8-9,11H2,1H3,(H,18,22). The van der Waals surface area contributed by atoms with Crippen LogP contribution in [0.15, 0.2) is 42.5 Å². The summed E-state index contributed by atoms with van der Waals surface area (Å²) in [5, 5.41) is 24.1. The van der Waals surface area contributed by atoms with Crippen molar-refractivity contribution in [3.63, 3.8) is 0 Å². The Labute approximate surface area is 129 Å². The Morgan fingerprint density at radius 1 is 1.18 bits per heavy atom. The second-order valence-electron chi connectivity index (χ2n) is 4.98. The van der Waals surface area contributed by atoms with Crippen molar-refractivity contribution in [1.29, 1.82) is 0 Å². The Balaban J connectivity index is 2.10. The van der Waals surface area contributed by atoms with E-state index in [-0.39, 0.29) is 24.8 Å². The van der Waals surface area contributed by atoms with Crippen molar-refractivity contribution >= 4 is 11.6 Å². The smallest absolute Gasteiger partial charge is 0.251 e. The number of carbonyl (C=O) groups excluding carboxylic acids is 1. The number of hydrogen-bond donors (Lipinski definition) is 4. The van der Waals surface area contributed by atoms with Gasteiger partial charge in [0.25, 0.3) is 5.91 Å². The summed E-state index contributed by atoms with van der Waals surface area (Å²) in [6, 6.07) is 12.5. The summed E-state index contributed by atoms with van der Waals surface area (Å²) in [5.41, 5.74) is 3.24. The van der Waals surface area contributed by atoms with Crippen molar-refractivity contribution in [3.05, 3.63) is 59.2 Å². The van der Waals surface area contributed by atoms with Crippen LogP contribution in [0.3, 0.4) is 0 Å². The molecule has 116 valence electrons. The van der Waals surface area contributed by atoms with Crippen LogP contribution in [-0.2, 0) is 6.54 Å². The number of aromatic hydroxyl groups is 1. The van der Waals surface area contributed by atoms with E-state index in [0.717, 1.165) is 16.8 Å². The van der Waals surface area contributed by atoms with Gasteiger partial charge in [0.2, 0.25) is 0 Å². The maximum absolute atomic E-state index is 12.0. The molecular weight excluding hydrogens is 280 g/mol. The average Bonchev–Trinajstić information content (AvgIpc) is 2.51. The van der Waals surface area contributed by atoms with Crippen LogP contribution < -0.4 is 10.6 Å². The molecule has 5 heteroatoms. The summed E-state index contributed by atoms with van der Waals surface area (Å²) < 4.78 is 0. The van der Waals surface area contributed by atoms with Gasteiger partial charge in [-0.25, -0.2) is 0 Å². The summed E-state index contributed by atoms with van der Waals surface area (Å²) >= 11 is 0. The molecule has 0 saturated carbocycles. The molecule has 1 amide bonds. The normalized spacial score (nSPS) is 10.3. The fourth-order valence-electron chi connectivity index (χ4n) is 2.20. The molecule has 0 fully saturated rings. The van der Waals surface area contributed by atoms with Gasteiger partial charge in [-0.15, -0.1) is 0 Å². The van der Waals surface area contributed by atoms with Crippen molar-refractivity contribution < 1.29 is 15.0 Å². The molecule has 0 heterocycles. The van der Waals surface area contributed by atoms with Gasteiger partial charge in [-0.2, -0.15) is 0 Å². The van der Waals surface area contributed by atoms with E-state index in [4.69, 9.17) is 5.11 Å². The molecule has 0 atom stereocenters. The van der Waals surface area contributed by atoms with Gasteiger partial charge in [-0.05, 0) is 42.3 Å². The minimum Gasteiger partial charge on any atom is -0.508 e. The molecule has 2 aromatic rings. The summed E-state index contributed by atoms with van der Waals surface area (Å²) in [5.74, 6) is 0.0284. The van der Waals surface area contributed by atoms with E-state index < -0.39 is 0 Å². The van der Waals surface area contributed by atoms with Crippen LogP contribution in [0.25, 0.3) is 0 Å². The molecular formula is C17H20N2O3. The first-order chi connectivity index (χ1) is 10.6. The quantitative estimate of drug-likeness (QED) is 0.658. The number of amides is 1. The Morgan fingerprint density at radius 3 is 2.68 bits per heavy atom. The predicted molar refractivity (Wildman–Crippen MR) is 86.0 cm³/mol. The number of anilines is 1. The van der Waals surface area contributed by atoms with Crippen LogP contribution >= 0.6 is 0 Å². The Hall–Kier alpha value is -2.53. The lowest BCUT2D eigenvalue weighted by atomic mass is 10.1. The van der Waals surface area contributed by atoms with Crippen LogP contribution in [0.1, 0.15) is 21.5 Å². The maximum atomic E-state index is 12.0. The highest BCUT2D eigenvalue weighted by Crippen LogP contribution is 2.20. The Morgan fingerprint density at radius 2 is 1.95 bits per heavy atom. The largest absolute Gasteiger partial charge is 0.508 e. The number of carbonyl (C=O) groups is 1. The van der Waals surface area contributed by atoms with E-state index in [1.807, 2.05) is 25.1 Å². The lowest BCUT2D eigenvalue weighted by Crippen LogP contribution is -2.27. The number of phenolic OH excluding ortho intramolecular Hbond substituents is 1. The molecule has 0 bridgehead atoms. The highest BCUT2D eigenvalue weighted by atomic mass is 16.3. The van der Waals surface area contributed by atoms with Crippen LogP contribution in [0.2, 0.25) is 0 Å². The van der Waals surface area contributed by atoms with Gasteiger partial charge in [0.1, 0.15) is 5.75 Å². The molecule has 0 radical (unpaired) electrons. The third-order valence-electron chi connectivity index (χ3n) is 3.37. The monoisotopic (exact) mass is 300 g/mol. The third kappa shape index (κ3) is 3.99. The van der Waals surface area contributed by atoms with Gasteiger partial charge in [-0.1, -0.05) is 18.2 Å². The molecule has 0 aromatic heterocycles. The van der Waals surface area contributed by atoms with Gasteiger partial charge in [0.05, 0.1) is 6.61 Å². The summed E-state index contributed by atoms with van der Waals surface area (Å²) in [4.78, 5) is 12.0. The number of aliphatic hydroxyl groups is 1. The molecule has 2 rings (SSSR count). The predicted octanol–water partition coefficient (Wildman–Crippen LogP) is 2.03. The lowest BCUT2D eigenvalue weighted by Gasteiger charge is -2.13. The van der Waals surface area contributed by atoms with Crippen molar-refractivity contribution in [3.8, 4) is 5.75 Å². The van der Waals surface area contributed by atoms with Crippen LogP contribution in [0.5, 0.6) is 5.75 Å². The van der Waals surface area contributed by atoms with Crippen molar-refractivity contribution in [2.24, 2.45) is 0 Å². The zero-order chi connectivity index (χ0) is 15.9. The second-order valence-corrected chi connectivity index (χ2v) is 4.98. The van der Waals surface area contributed by atoms with Gasteiger partial charge in [-0.3, -0.25) is 4.79 Å². The van der Waals surface area contributed by atoms with Gasteiger partial charge >= 0.3 is 0 Å². The van der Waals surface area contributed by atoms with Crippen LogP contribution in [-0.4, -0.2) is 29.3 Å². The molecule has 0 saturated heterocycles. The van der Waals surface area contributed by atoms with E-state index in [9.17, 15) is 9.90 Å². The number of benzene rings is 2. The topological polar surface area (TPSA) is 81.6 Å². The lowest BCUT2D eigenvalue weighted by molar-refractivity contribution is 0.0944.